The Morgan fingerprint density at radius 3 is 2.61 bits per heavy atom. The van der Waals surface area contributed by atoms with Crippen molar-refractivity contribution >= 4 is 0 Å². The first-order valence-electron chi connectivity index (χ1n) is 7.24. The molecule has 2 heteroatoms. The molecule has 1 aromatic rings. The van der Waals surface area contributed by atoms with Gasteiger partial charge < -0.3 is 9.84 Å². The molecule has 2 saturated carbocycles. The van der Waals surface area contributed by atoms with Crippen molar-refractivity contribution in [3.05, 3.63) is 29.8 Å². The van der Waals surface area contributed by atoms with Gasteiger partial charge in [-0.05, 0) is 43.2 Å². The summed E-state index contributed by atoms with van der Waals surface area (Å²) in [4.78, 5) is 0. The van der Waals surface area contributed by atoms with Crippen LogP contribution >= 0.6 is 0 Å². The molecule has 0 bridgehead atoms. The fraction of sp³-hybridized carbons (Fsp3) is 0.625. The summed E-state index contributed by atoms with van der Waals surface area (Å²) in [6.07, 6.45) is 6.83. The van der Waals surface area contributed by atoms with Gasteiger partial charge in [-0.2, -0.15) is 0 Å². The molecule has 0 unspecified atom stereocenters. The Morgan fingerprint density at radius 1 is 1.06 bits per heavy atom. The molecule has 2 nitrogen and oxygen atoms in total. The first-order valence-corrected chi connectivity index (χ1v) is 7.24. The molecule has 0 aliphatic heterocycles. The van der Waals surface area contributed by atoms with Crippen LogP contribution in [0.1, 0.15) is 50.0 Å². The van der Waals surface area contributed by atoms with Crippen LogP contribution in [0.4, 0.5) is 0 Å². The highest BCUT2D eigenvalue weighted by Crippen LogP contribution is 2.38. The van der Waals surface area contributed by atoms with Gasteiger partial charge in [0.05, 0.1) is 12.7 Å². The topological polar surface area (TPSA) is 29.5 Å². The summed E-state index contributed by atoms with van der Waals surface area (Å²) in [7, 11) is 0. The van der Waals surface area contributed by atoms with E-state index < -0.39 is 0 Å². The molecule has 1 aromatic carbocycles. The molecule has 0 spiro atoms. The molecule has 2 aliphatic carbocycles. The molecule has 0 aromatic heterocycles. The number of para-hydroxylation sites is 1. The number of ether oxygens (including phenoxy) is 1. The lowest BCUT2D eigenvalue weighted by atomic mass is 9.81. The Labute approximate surface area is 109 Å². The van der Waals surface area contributed by atoms with Crippen molar-refractivity contribution in [1.82, 2.24) is 0 Å². The molecule has 0 heterocycles. The van der Waals surface area contributed by atoms with E-state index in [2.05, 4.69) is 18.2 Å². The van der Waals surface area contributed by atoms with Gasteiger partial charge in [-0.1, -0.05) is 31.0 Å². The molecule has 0 radical (unpaired) electrons. The Morgan fingerprint density at radius 2 is 1.83 bits per heavy atom. The number of hydrogen-bond donors (Lipinski definition) is 1. The van der Waals surface area contributed by atoms with E-state index in [1.54, 1.807) is 0 Å². The van der Waals surface area contributed by atoms with E-state index in [0.29, 0.717) is 0 Å². The highest BCUT2D eigenvalue weighted by molar-refractivity contribution is 5.37. The molecule has 3 rings (SSSR count). The van der Waals surface area contributed by atoms with Gasteiger partial charge in [-0.15, -0.1) is 0 Å². The van der Waals surface area contributed by atoms with E-state index in [4.69, 9.17) is 4.74 Å². The molecule has 2 atom stereocenters. The third kappa shape index (κ3) is 2.69. The highest BCUT2D eigenvalue weighted by atomic mass is 16.5. The third-order valence-electron chi connectivity index (χ3n) is 4.22. The Kier molecular flexibility index (Phi) is 3.55. The lowest BCUT2D eigenvalue weighted by Gasteiger charge is -2.29. The van der Waals surface area contributed by atoms with Crippen molar-refractivity contribution in [3.8, 4) is 5.75 Å². The van der Waals surface area contributed by atoms with Gasteiger partial charge in [0.15, 0.2) is 0 Å². The van der Waals surface area contributed by atoms with Crippen LogP contribution in [-0.4, -0.2) is 17.8 Å². The normalized spacial score (nSPS) is 28.1. The van der Waals surface area contributed by atoms with Crippen molar-refractivity contribution in [2.24, 2.45) is 5.92 Å². The zero-order valence-electron chi connectivity index (χ0n) is 10.8. The Balaban J connectivity index is 1.75. The molecule has 98 valence electrons. The summed E-state index contributed by atoms with van der Waals surface area (Å²) in [5.74, 6) is 2.04. The van der Waals surface area contributed by atoms with E-state index >= 15 is 0 Å². The molecular weight excluding hydrogens is 224 g/mol. The van der Waals surface area contributed by atoms with Gasteiger partial charge in [0.25, 0.3) is 0 Å². The minimum absolute atomic E-state index is 0.190. The number of aliphatic hydroxyl groups is 1. The van der Waals surface area contributed by atoms with Crippen LogP contribution in [0.2, 0.25) is 0 Å². The fourth-order valence-corrected chi connectivity index (χ4v) is 2.88. The monoisotopic (exact) mass is 246 g/mol. The van der Waals surface area contributed by atoms with Crippen molar-refractivity contribution < 1.29 is 9.84 Å². The number of benzene rings is 1. The minimum atomic E-state index is -0.190. The first-order chi connectivity index (χ1) is 8.84. The van der Waals surface area contributed by atoms with Crippen LogP contribution < -0.4 is 4.74 Å². The van der Waals surface area contributed by atoms with Gasteiger partial charge in [0.1, 0.15) is 5.75 Å². The maximum absolute atomic E-state index is 10.2. The minimum Gasteiger partial charge on any atom is -0.493 e. The van der Waals surface area contributed by atoms with Crippen molar-refractivity contribution in [2.75, 3.05) is 6.61 Å². The molecular formula is C16H22O2. The van der Waals surface area contributed by atoms with Crippen LogP contribution in [0.5, 0.6) is 5.75 Å². The molecule has 2 fully saturated rings. The molecule has 18 heavy (non-hydrogen) atoms. The third-order valence-corrected chi connectivity index (χ3v) is 4.22. The second-order valence-electron chi connectivity index (χ2n) is 5.75. The quantitative estimate of drug-likeness (QED) is 0.881. The standard InChI is InChI=1S/C16H22O2/c17-15-7-3-1-5-13(15)14-6-2-4-8-16(14)18-11-12-9-10-12/h2,4,6,8,12-13,15,17H,1,3,5,7,9-11H2/t13-,15+/m1/s1. The largest absolute Gasteiger partial charge is 0.493 e. The predicted octanol–water partition coefficient (Wildman–Crippen LogP) is 3.49. The second kappa shape index (κ2) is 5.31. The summed E-state index contributed by atoms with van der Waals surface area (Å²) >= 11 is 0. The van der Waals surface area contributed by atoms with Gasteiger partial charge in [0, 0.05) is 5.92 Å². The van der Waals surface area contributed by atoms with E-state index in [-0.39, 0.29) is 12.0 Å². The summed E-state index contributed by atoms with van der Waals surface area (Å²) in [6, 6.07) is 8.27. The average Bonchev–Trinajstić information content (AvgIpc) is 3.22. The van der Waals surface area contributed by atoms with Gasteiger partial charge in [-0.25, -0.2) is 0 Å². The summed E-state index contributed by atoms with van der Waals surface area (Å²) in [5.41, 5.74) is 1.21. The maximum atomic E-state index is 10.2. The number of aliphatic hydroxyl groups excluding tert-OH is 1. The van der Waals surface area contributed by atoms with Crippen molar-refractivity contribution in [1.29, 1.82) is 0 Å². The zero-order chi connectivity index (χ0) is 12.4. The summed E-state index contributed by atoms with van der Waals surface area (Å²) in [5, 5.41) is 10.2. The van der Waals surface area contributed by atoms with Gasteiger partial charge >= 0.3 is 0 Å². The first kappa shape index (κ1) is 12.0. The fourth-order valence-electron chi connectivity index (χ4n) is 2.88. The van der Waals surface area contributed by atoms with E-state index in [1.807, 2.05) is 6.07 Å². The van der Waals surface area contributed by atoms with Crippen molar-refractivity contribution in [2.45, 2.75) is 50.5 Å². The smallest absolute Gasteiger partial charge is 0.122 e. The van der Waals surface area contributed by atoms with E-state index in [9.17, 15) is 5.11 Å². The van der Waals surface area contributed by atoms with Gasteiger partial charge in [0.2, 0.25) is 0 Å². The summed E-state index contributed by atoms with van der Waals surface area (Å²) < 4.78 is 5.95. The van der Waals surface area contributed by atoms with Crippen LogP contribution in [0.3, 0.4) is 0 Å². The zero-order valence-corrected chi connectivity index (χ0v) is 10.8. The lowest BCUT2D eigenvalue weighted by molar-refractivity contribution is 0.104. The molecule has 0 saturated heterocycles. The van der Waals surface area contributed by atoms with Crippen LogP contribution in [-0.2, 0) is 0 Å². The van der Waals surface area contributed by atoms with Crippen LogP contribution in [0.25, 0.3) is 0 Å². The van der Waals surface area contributed by atoms with Gasteiger partial charge in [-0.3, -0.25) is 0 Å². The summed E-state index contributed by atoms with van der Waals surface area (Å²) in [6.45, 7) is 0.847. The predicted molar refractivity (Wildman–Crippen MR) is 71.9 cm³/mol. The average molecular weight is 246 g/mol. The van der Waals surface area contributed by atoms with E-state index in [1.165, 1.54) is 24.8 Å². The second-order valence-corrected chi connectivity index (χ2v) is 5.75. The van der Waals surface area contributed by atoms with E-state index in [0.717, 1.165) is 37.5 Å². The van der Waals surface area contributed by atoms with Crippen LogP contribution in [0.15, 0.2) is 24.3 Å². The molecule has 2 aliphatic rings. The number of hydrogen-bond acceptors (Lipinski definition) is 2. The Hall–Kier alpha value is -1.02. The molecule has 0 amide bonds. The van der Waals surface area contributed by atoms with Crippen molar-refractivity contribution in [3.63, 3.8) is 0 Å². The SMILES string of the molecule is O[C@H]1CCCC[C@@H]1c1ccccc1OCC1CC1. The maximum Gasteiger partial charge on any atom is 0.122 e. The molecule has 1 N–H and O–H groups in total. The van der Waals surface area contributed by atoms with Crippen LogP contribution in [0, 0.1) is 5.92 Å². The number of rotatable bonds is 4. The Bertz CT molecular complexity index is 398. The lowest BCUT2D eigenvalue weighted by Crippen LogP contribution is -2.23. The highest BCUT2D eigenvalue weighted by Gasteiger charge is 2.28.